The summed E-state index contributed by atoms with van der Waals surface area (Å²) >= 11 is 0. The largest absolute Gasteiger partial charge is 0.492 e. The molecule has 0 amide bonds. The van der Waals surface area contributed by atoms with E-state index >= 15 is 0 Å². The minimum atomic E-state index is -0.334. The topological polar surface area (TPSA) is 111 Å². The van der Waals surface area contributed by atoms with Gasteiger partial charge in [-0.1, -0.05) is 20.8 Å². The van der Waals surface area contributed by atoms with E-state index in [1.54, 1.807) is 10.7 Å². The zero-order valence-electron chi connectivity index (χ0n) is 24.8. The summed E-state index contributed by atoms with van der Waals surface area (Å²) < 4.78 is 14.0. The fourth-order valence-corrected chi connectivity index (χ4v) is 6.97. The maximum atomic E-state index is 10.6. The molecule has 10 nitrogen and oxygen atoms in total. The first-order valence-corrected chi connectivity index (χ1v) is 15.3. The van der Waals surface area contributed by atoms with Gasteiger partial charge >= 0.3 is 0 Å². The van der Waals surface area contributed by atoms with Gasteiger partial charge in [0.05, 0.1) is 48.4 Å². The number of nitrogens with one attached hydrogen (secondary N) is 1. The number of aromatic nitrogens is 3. The SMILES string of the molecule is CC(C)(C)C(O)CN1C2CC1CN(c1ccc(-c3cc(OCCC4COC5(CNC5)C4)cn4ncc(C#N)c34)cn1)C2. The van der Waals surface area contributed by atoms with Crippen molar-refractivity contribution in [3.63, 3.8) is 0 Å². The number of anilines is 1. The molecule has 42 heavy (non-hydrogen) atoms. The van der Waals surface area contributed by atoms with E-state index in [1.807, 2.05) is 18.5 Å². The number of aliphatic hydroxyl groups is 1. The van der Waals surface area contributed by atoms with Crippen LogP contribution in [0.5, 0.6) is 5.75 Å². The van der Waals surface area contributed by atoms with Crippen LogP contribution in [0.1, 0.15) is 45.6 Å². The molecule has 3 aromatic heterocycles. The molecule has 5 fully saturated rings. The van der Waals surface area contributed by atoms with Gasteiger partial charge in [-0.05, 0) is 48.8 Å². The number of fused-ring (bicyclic) bond motifs is 3. The van der Waals surface area contributed by atoms with Gasteiger partial charge in [-0.3, -0.25) is 4.90 Å². The molecule has 2 bridgehead atoms. The third-order valence-electron chi connectivity index (χ3n) is 9.79. The lowest BCUT2D eigenvalue weighted by atomic mass is 9.83. The number of hydrogen-bond donors (Lipinski definition) is 2. The van der Waals surface area contributed by atoms with Crippen molar-refractivity contribution in [2.75, 3.05) is 50.8 Å². The van der Waals surface area contributed by atoms with E-state index in [0.29, 0.717) is 30.2 Å². The highest BCUT2D eigenvalue weighted by atomic mass is 16.5. The van der Waals surface area contributed by atoms with Crippen LogP contribution < -0.4 is 15.0 Å². The van der Waals surface area contributed by atoms with Gasteiger partial charge in [0.2, 0.25) is 0 Å². The first-order valence-electron chi connectivity index (χ1n) is 15.3. The van der Waals surface area contributed by atoms with Crippen LogP contribution in [0.25, 0.3) is 16.6 Å². The van der Waals surface area contributed by atoms with Crippen LogP contribution >= 0.6 is 0 Å². The van der Waals surface area contributed by atoms with Gasteiger partial charge in [-0.15, -0.1) is 0 Å². The Morgan fingerprint density at radius 1 is 1.24 bits per heavy atom. The fraction of sp³-hybridized carbons (Fsp3) is 0.594. The van der Waals surface area contributed by atoms with Gasteiger partial charge in [-0.25, -0.2) is 9.50 Å². The Balaban J connectivity index is 1.04. The second kappa shape index (κ2) is 10.5. The lowest BCUT2D eigenvalue weighted by Gasteiger charge is -2.57. The van der Waals surface area contributed by atoms with Crippen molar-refractivity contribution in [2.24, 2.45) is 11.3 Å². The Kier molecular flexibility index (Phi) is 6.89. The van der Waals surface area contributed by atoms with E-state index in [2.05, 4.69) is 59.2 Å². The van der Waals surface area contributed by atoms with E-state index in [1.165, 1.54) is 6.42 Å². The third-order valence-corrected chi connectivity index (χ3v) is 9.79. The van der Waals surface area contributed by atoms with E-state index < -0.39 is 0 Å². The molecule has 3 aromatic rings. The summed E-state index contributed by atoms with van der Waals surface area (Å²) in [5.41, 5.74) is 3.03. The number of ether oxygens (including phenoxy) is 2. The maximum Gasteiger partial charge on any atom is 0.138 e. The molecule has 2 N–H and O–H groups in total. The molecule has 0 radical (unpaired) electrons. The lowest BCUT2D eigenvalue weighted by molar-refractivity contribution is -0.0591. The quantitative estimate of drug-likeness (QED) is 0.421. The Labute approximate surface area is 247 Å². The highest BCUT2D eigenvalue weighted by Gasteiger charge is 2.46. The predicted molar refractivity (Wildman–Crippen MR) is 159 cm³/mol. The van der Waals surface area contributed by atoms with Crippen LogP contribution in [-0.2, 0) is 4.74 Å². The zero-order chi connectivity index (χ0) is 29.1. The molecule has 1 spiro atoms. The Bertz CT molecular complexity index is 1470. The summed E-state index contributed by atoms with van der Waals surface area (Å²) in [6, 6.07) is 9.35. The van der Waals surface area contributed by atoms with Crippen LogP contribution in [0.4, 0.5) is 5.82 Å². The van der Waals surface area contributed by atoms with Crippen molar-refractivity contribution in [1.82, 2.24) is 24.8 Å². The molecule has 4 atom stereocenters. The average molecular weight is 572 g/mol. The van der Waals surface area contributed by atoms with E-state index in [4.69, 9.17) is 14.5 Å². The van der Waals surface area contributed by atoms with E-state index in [0.717, 1.165) is 80.4 Å². The fourth-order valence-electron chi connectivity index (χ4n) is 6.97. The van der Waals surface area contributed by atoms with Crippen LogP contribution in [0.2, 0.25) is 0 Å². The molecule has 222 valence electrons. The number of rotatable bonds is 8. The highest BCUT2D eigenvalue weighted by molar-refractivity contribution is 5.85. The second-order valence-electron chi connectivity index (χ2n) is 13.8. The first kappa shape index (κ1) is 27.6. The normalized spacial score (nSPS) is 25.7. The van der Waals surface area contributed by atoms with Gasteiger partial charge in [0.25, 0.3) is 0 Å². The number of aliphatic hydroxyl groups excluding tert-OH is 1. The minimum Gasteiger partial charge on any atom is -0.492 e. The number of hydrogen-bond acceptors (Lipinski definition) is 9. The predicted octanol–water partition coefficient (Wildman–Crippen LogP) is 3.09. The van der Waals surface area contributed by atoms with Crippen LogP contribution in [0, 0.1) is 22.7 Å². The summed E-state index contributed by atoms with van der Waals surface area (Å²) in [5.74, 6) is 2.19. The summed E-state index contributed by atoms with van der Waals surface area (Å²) in [7, 11) is 0. The molecule has 5 saturated heterocycles. The number of nitriles is 1. The van der Waals surface area contributed by atoms with Crippen LogP contribution in [0.15, 0.2) is 36.8 Å². The number of piperidine rings is 1. The van der Waals surface area contributed by atoms with Gasteiger partial charge < -0.3 is 24.8 Å². The molecule has 4 unspecified atom stereocenters. The summed E-state index contributed by atoms with van der Waals surface area (Å²) in [6.07, 6.45) is 8.23. The van der Waals surface area contributed by atoms with Crippen molar-refractivity contribution < 1.29 is 14.6 Å². The van der Waals surface area contributed by atoms with Crippen molar-refractivity contribution in [3.05, 3.63) is 42.4 Å². The van der Waals surface area contributed by atoms with Crippen molar-refractivity contribution >= 4 is 11.3 Å². The standard InChI is InChI=1S/C32H41N7O3/c1-31(2,3)28(40)17-38-24-8-25(38)15-37(14-24)29-5-4-22(12-35-29)27-9-26(16-39-30(27)23(11-33)13-36-39)41-7-6-21-10-32(42-18-21)19-34-20-32/h4-5,9,12-13,16,21,24-25,28,34,40H,6-8,10,14-15,17-20H2,1-3H3. The summed E-state index contributed by atoms with van der Waals surface area (Å²) in [6.45, 7) is 12.2. The van der Waals surface area contributed by atoms with E-state index in [9.17, 15) is 10.4 Å². The minimum absolute atomic E-state index is 0.0570. The number of nitrogens with zero attached hydrogens (tertiary/aromatic N) is 6. The Morgan fingerprint density at radius 2 is 2.05 bits per heavy atom. The molecule has 0 saturated carbocycles. The molecule has 8 heterocycles. The monoisotopic (exact) mass is 571 g/mol. The Hall–Kier alpha value is -3.23. The molecule has 5 aliphatic rings. The molecule has 10 heteroatoms. The van der Waals surface area contributed by atoms with Crippen molar-refractivity contribution in [1.29, 1.82) is 5.26 Å². The van der Waals surface area contributed by atoms with Crippen molar-refractivity contribution in [3.8, 4) is 22.9 Å². The van der Waals surface area contributed by atoms with Gasteiger partial charge in [0.1, 0.15) is 17.6 Å². The van der Waals surface area contributed by atoms with Crippen LogP contribution in [-0.4, -0.2) is 94.3 Å². The number of pyridine rings is 2. The number of piperazine rings is 1. The molecular weight excluding hydrogens is 530 g/mol. The molecule has 0 aliphatic carbocycles. The van der Waals surface area contributed by atoms with E-state index in [-0.39, 0.29) is 17.1 Å². The summed E-state index contributed by atoms with van der Waals surface area (Å²) in [4.78, 5) is 9.68. The Morgan fingerprint density at radius 3 is 2.69 bits per heavy atom. The third kappa shape index (κ3) is 5.02. The first-order chi connectivity index (χ1) is 20.2. The maximum absolute atomic E-state index is 10.6. The van der Waals surface area contributed by atoms with Crippen molar-refractivity contribution in [2.45, 2.75) is 63.8 Å². The lowest BCUT2D eigenvalue weighted by Crippen LogP contribution is -2.70. The average Bonchev–Trinajstić information content (AvgIpc) is 3.60. The second-order valence-corrected chi connectivity index (χ2v) is 13.8. The smallest absolute Gasteiger partial charge is 0.138 e. The van der Waals surface area contributed by atoms with Gasteiger partial charge in [0.15, 0.2) is 0 Å². The molecule has 8 rings (SSSR count). The summed E-state index contributed by atoms with van der Waals surface area (Å²) in [5, 5.41) is 28.2. The molecule has 5 aliphatic heterocycles. The van der Waals surface area contributed by atoms with Gasteiger partial charge in [0, 0.05) is 62.1 Å². The van der Waals surface area contributed by atoms with Gasteiger partial charge in [-0.2, -0.15) is 10.4 Å². The highest BCUT2D eigenvalue weighted by Crippen LogP contribution is 2.38. The van der Waals surface area contributed by atoms with Crippen LogP contribution in [0.3, 0.4) is 0 Å². The zero-order valence-corrected chi connectivity index (χ0v) is 24.8. The molecule has 0 aromatic carbocycles. The molecular formula is C32H41N7O3.